The van der Waals surface area contributed by atoms with E-state index in [0.29, 0.717) is 29.1 Å². The maximum absolute atomic E-state index is 10.9. The average molecular weight is 413 g/mol. The van der Waals surface area contributed by atoms with E-state index in [9.17, 15) is 15.0 Å². The van der Waals surface area contributed by atoms with Crippen molar-refractivity contribution in [3.05, 3.63) is 12.7 Å². The summed E-state index contributed by atoms with van der Waals surface area (Å²) in [5, 5.41) is 29.9. The van der Waals surface area contributed by atoms with E-state index in [1.165, 1.54) is 17.2 Å². The number of imidazole rings is 1. The second-order valence-corrected chi connectivity index (χ2v) is 9.18. The molecule has 154 valence electrons. The van der Waals surface area contributed by atoms with E-state index < -0.39 is 36.6 Å². The van der Waals surface area contributed by atoms with Crippen LogP contribution in [-0.4, -0.2) is 82.4 Å². The molecule has 0 aromatic carbocycles. The van der Waals surface area contributed by atoms with Crippen LogP contribution in [0.15, 0.2) is 12.7 Å². The maximum atomic E-state index is 10.9. The number of hydrogen-bond acceptors (Lipinski definition) is 9. The number of nitrogens with zero attached hydrogens (tertiary/aromatic N) is 4. The normalized spacial score (nSPS) is 27.1. The van der Waals surface area contributed by atoms with Crippen LogP contribution in [0, 0.1) is 0 Å². The van der Waals surface area contributed by atoms with E-state index >= 15 is 0 Å². The minimum atomic E-state index is -1.16. The highest BCUT2D eigenvalue weighted by Crippen LogP contribution is 2.32. The molecule has 0 radical (unpaired) electrons. The van der Waals surface area contributed by atoms with Crippen LogP contribution < -0.4 is 11.5 Å². The van der Waals surface area contributed by atoms with Crippen LogP contribution in [0.25, 0.3) is 11.2 Å². The number of anilines is 1. The number of aliphatic hydroxyl groups is 2. The molecule has 2 aromatic rings. The first-order chi connectivity index (χ1) is 13.3. The number of aromatic nitrogens is 4. The summed E-state index contributed by atoms with van der Waals surface area (Å²) >= 11 is 0. The highest BCUT2D eigenvalue weighted by Gasteiger charge is 2.47. The highest BCUT2D eigenvalue weighted by molar-refractivity contribution is 7.96. The first kappa shape index (κ1) is 20.7. The van der Waals surface area contributed by atoms with E-state index in [1.807, 2.05) is 6.92 Å². The number of aliphatic carboxylic acids is 1. The fourth-order valence-corrected chi connectivity index (χ4v) is 5.17. The number of nitrogen functional groups attached to an aromatic ring is 1. The molecule has 1 aliphatic rings. The second-order valence-electron chi connectivity index (χ2n) is 6.63. The van der Waals surface area contributed by atoms with Crippen molar-refractivity contribution < 1.29 is 24.9 Å². The molecule has 1 saturated heterocycles. The summed E-state index contributed by atoms with van der Waals surface area (Å²) in [6, 6.07) is -0.906. The van der Waals surface area contributed by atoms with Crippen molar-refractivity contribution in [1.29, 1.82) is 0 Å². The molecule has 2 aromatic heterocycles. The van der Waals surface area contributed by atoms with Crippen molar-refractivity contribution >= 4 is 33.8 Å². The number of carboxylic acids is 1. The first-order valence-corrected chi connectivity index (χ1v) is 10.6. The molecule has 0 amide bonds. The van der Waals surface area contributed by atoms with Crippen LogP contribution in [0.1, 0.15) is 19.6 Å². The molecule has 7 N–H and O–H groups in total. The van der Waals surface area contributed by atoms with Gasteiger partial charge >= 0.3 is 5.97 Å². The maximum Gasteiger partial charge on any atom is 0.320 e. The molecular weight excluding hydrogens is 388 g/mol. The molecule has 0 saturated carbocycles. The van der Waals surface area contributed by atoms with Crippen LogP contribution in [-0.2, 0) is 20.4 Å². The van der Waals surface area contributed by atoms with Crippen molar-refractivity contribution in [3.63, 3.8) is 0 Å². The summed E-state index contributed by atoms with van der Waals surface area (Å²) in [7, 11) is -0.196. The number of carboxylic acid groups (broad SMARTS) is 1. The van der Waals surface area contributed by atoms with Gasteiger partial charge in [0.2, 0.25) is 0 Å². The van der Waals surface area contributed by atoms with Gasteiger partial charge in [-0.25, -0.2) is 15.0 Å². The Morgan fingerprint density at radius 2 is 2.11 bits per heavy atom. The SMILES string of the molecule is CC[S+](CC[C@H](N)C(=O)O)C[C@H]1O[C@@H](n2cnc3c(N)ncnc32)C(O)[C@H]1O. The van der Waals surface area contributed by atoms with E-state index in [4.69, 9.17) is 21.3 Å². The number of fused-ring (bicyclic) bond motifs is 1. The third-order valence-corrected chi connectivity index (χ3v) is 7.27. The van der Waals surface area contributed by atoms with Gasteiger partial charge in [-0.2, -0.15) is 0 Å². The zero-order valence-electron chi connectivity index (χ0n) is 15.4. The second kappa shape index (κ2) is 8.57. The van der Waals surface area contributed by atoms with Crippen molar-refractivity contribution in [2.45, 2.75) is 43.9 Å². The predicted octanol–water partition coefficient (Wildman–Crippen LogP) is -1.53. The van der Waals surface area contributed by atoms with Crippen LogP contribution >= 0.6 is 0 Å². The highest BCUT2D eigenvalue weighted by atomic mass is 32.2. The largest absolute Gasteiger partial charge is 0.480 e. The molecule has 28 heavy (non-hydrogen) atoms. The van der Waals surface area contributed by atoms with Gasteiger partial charge in [0.1, 0.15) is 53.5 Å². The molecule has 3 heterocycles. The molecule has 2 unspecified atom stereocenters. The Kier molecular flexibility index (Phi) is 6.35. The third kappa shape index (κ3) is 4.05. The Morgan fingerprint density at radius 1 is 1.36 bits per heavy atom. The minimum absolute atomic E-state index is 0.196. The van der Waals surface area contributed by atoms with Crippen LogP contribution in [0.5, 0.6) is 0 Å². The topological polar surface area (TPSA) is 183 Å². The number of aliphatic hydroxyl groups excluding tert-OH is 2. The molecule has 1 fully saturated rings. The van der Waals surface area contributed by atoms with Crippen molar-refractivity contribution in [3.8, 4) is 0 Å². The lowest BCUT2D eigenvalue weighted by atomic mass is 10.1. The van der Waals surface area contributed by atoms with Crippen molar-refractivity contribution in [1.82, 2.24) is 19.5 Å². The van der Waals surface area contributed by atoms with Gasteiger partial charge in [-0.05, 0) is 17.8 Å². The first-order valence-electron chi connectivity index (χ1n) is 8.90. The Balaban J connectivity index is 1.71. The van der Waals surface area contributed by atoms with Gasteiger partial charge in [0.05, 0.1) is 6.33 Å². The number of nitrogens with two attached hydrogens (primary N) is 2. The standard InChI is InChI=1S/C16H24N6O5S/c1-2-28(4-3-8(17)16(25)26)5-9-11(23)12(24)15(27-9)22-7-21-10-13(18)19-6-20-14(10)22/h6-9,11-12,15,23-24H,2-5,17H2,1H3,(H2-,18,19,20,25,26)/p+1/t8-,9+,11-,12?,15+,28?/m0/s1. The quantitative estimate of drug-likeness (QED) is 0.318. The Labute approximate surface area is 164 Å². The summed E-state index contributed by atoms with van der Waals surface area (Å²) in [6.07, 6.45) is -0.610. The molecule has 0 aliphatic carbocycles. The lowest BCUT2D eigenvalue weighted by Crippen LogP contribution is -2.38. The fourth-order valence-electron chi connectivity index (χ4n) is 3.15. The van der Waals surface area contributed by atoms with E-state index in [1.54, 1.807) is 0 Å². The van der Waals surface area contributed by atoms with Gasteiger partial charge in [0.15, 0.2) is 17.7 Å². The van der Waals surface area contributed by atoms with E-state index in [-0.39, 0.29) is 16.7 Å². The van der Waals surface area contributed by atoms with Gasteiger partial charge in [-0.1, -0.05) is 0 Å². The number of ether oxygens (including phenoxy) is 1. The van der Waals surface area contributed by atoms with Gasteiger partial charge in [0, 0.05) is 6.42 Å². The lowest BCUT2D eigenvalue weighted by molar-refractivity contribution is -0.138. The fraction of sp³-hybridized carbons (Fsp3) is 0.625. The summed E-state index contributed by atoms with van der Waals surface area (Å²) in [4.78, 5) is 23.1. The summed E-state index contributed by atoms with van der Waals surface area (Å²) < 4.78 is 7.48. The van der Waals surface area contributed by atoms with Crippen molar-refractivity contribution in [2.24, 2.45) is 5.73 Å². The average Bonchev–Trinajstić information content (AvgIpc) is 3.21. The molecule has 0 spiro atoms. The number of carbonyl (C=O) groups is 1. The third-order valence-electron chi connectivity index (χ3n) is 4.84. The molecule has 12 heteroatoms. The predicted molar refractivity (Wildman–Crippen MR) is 104 cm³/mol. The monoisotopic (exact) mass is 413 g/mol. The van der Waals surface area contributed by atoms with Gasteiger partial charge in [-0.15, -0.1) is 0 Å². The van der Waals surface area contributed by atoms with Gasteiger partial charge < -0.3 is 31.5 Å². The molecule has 3 rings (SSSR count). The number of hydrogen-bond donors (Lipinski definition) is 5. The Morgan fingerprint density at radius 3 is 2.79 bits per heavy atom. The summed E-state index contributed by atoms with van der Waals surface area (Å²) in [5.41, 5.74) is 12.2. The molecule has 6 atom stereocenters. The summed E-state index contributed by atoms with van der Waals surface area (Å²) in [5.74, 6) is 1.12. The van der Waals surface area contributed by atoms with Crippen molar-refractivity contribution in [2.75, 3.05) is 23.0 Å². The zero-order chi connectivity index (χ0) is 20.4. The molecule has 0 bridgehead atoms. The molecule has 11 nitrogen and oxygen atoms in total. The van der Waals surface area contributed by atoms with Crippen LogP contribution in [0.4, 0.5) is 5.82 Å². The Hall–Kier alpha value is -1.99. The number of rotatable bonds is 8. The van der Waals surface area contributed by atoms with Gasteiger partial charge in [0.25, 0.3) is 0 Å². The van der Waals surface area contributed by atoms with Crippen LogP contribution in [0.3, 0.4) is 0 Å². The molecule has 1 aliphatic heterocycles. The van der Waals surface area contributed by atoms with E-state index in [0.717, 1.165) is 5.75 Å². The molecular formula is C16H25N6O5S+. The minimum Gasteiger partial charge on any atom is -0.480 e. The van der Waals surface area contributed by atoms with Crippen LogP contribution in [0.2, 0.25) is 0 Å². The zero-order valence-corrected chi connectivity index (χ0v) is 16.2. The Bertz CT molecular complexity index is 835. The lowest BCUT2D eigenvalue weighted by Gasteiger charge is -2.16. The van der Waals surface area contributed by atoms with Gasteiger partial charge in [-0.3, -0.25) is 9.36 Å². The van der Waals surface area contributed by atoms with E-state index in [2.05, 4.69) is 15.0 Å². The smallest absolute Gasteiger partial charge is 0.320 e. The summed E-state index contributed by atoms with van der Waals surface area (Å²) in [6.45, 7) is 1.99.